The minimum atomic E-state index is -5.06. The number of nitrogens with zero attached hydrogens (tertiary/aromatic N) is 5. The van der Waals surface area contributed by atoms with Crippen molar-refractivity contribution in [3.05, 3.63) is 46.8 Å². The molecule has 16 heteroatoms. The number of benzene rings is 1. The van der Waals surface area contributed by atoms with Crippen molar-refractivity contribution in [2.45, 2.75) is 88.0 Å². The Bertz CT molecular complexity index is 1740. The van der Waals surface area contributed by atoms with Crippen molar-refractivity contribution in [3.63, 3.8) is 0 Å². The van der Waals surface area contributed by atoms with Gasteiger partial charge in [0.25, 0.3) is 11.8 Å². The minimum absolute atomic E-state index is 0.0532. The lowest BCUT2D eigenvalue weighted by molar-refractivity contribution is -0.148. The minimum Gasteiger partial charge on any atom is -0.479 e. The van der Waals surface area contributed by atoms with Crippen molar-refractivity contribution < 1.29 is 45.8 Å². The lowest BCUT2D eigenvalue weighted by Crippen LogP contribution is -2.57. The van der Waals surface area contributed by atoms with Crippen LogP contribution in [0.25, 0.3) is 0 Å². The Hall–Kier alpha value is -3.95. The number of alkyl halides is 6. The Labute approximate surface area is 296 Å². The number of hydrogen-bond acceptors (Lipinski definition) is 7. The number of hydrogen-bond donors (Lipinski definition) is 2. The summed E-state index contributed by atoms with van der Waals surface area (Å²) in [6, 6.07) is 4.97. The Balaban J connectivity index is 1.17. The maximum atomic E-state index is 14.7. The first-order valence-electron chi connectivity index (χ1n) is 18.0. The Morgan fingerprint density at radius 2 is 1.69 bits per heavy atom. The van der Waals surface area contributed by atoms with E-state index in [1.807, 2.05) is 6.92 Å². The molecule has 2 amide bonds. The van der Waals surface area contributed by atoms with E-state index in [2.05, 4.69) is 15.3 Å². The molecular weight excluding hydrogens is 694 g/mol. The van der Waals surface area contributed by atoms with Crippen molar-refractivity contribution in [1.29, 1.82) is 0 Å². The van der Waals surface area contributed by atoms with Crippen molar-refractivity contribution in [3.8, 4) is 0 Å². The van der Waals surface area contributed by atoms with E-state index in [0.29, 0.717) is 24.1 Å². The van der Waals surface area contributed by atoms with Gasteiger partial charge in [-0.2, -0.15) is 26.3 Å². The summed E-state index contributed by atoms with van der Waals surface area (Å²) in [5, 5.41) is 12.8. The van der Waals surface area contributed by atoms with E-state index in [1.54, 1.807) is 23.1 Å². The van der Waals surface area contributed by atoms with Crippen LogP contribution in [0.5, 0.6) is 0 Å². The second-order valence-corrected chi connectivity index (χ2v) is 15.6. The molecule has 4 atom stereocenters. The van der Waals surface area contributed by atoms with Gasteiger partial charge in [-0.3, -0.25) is 14.5 Å². The molecule has 2 N–H and O–H groups in total. The van der Waals surface area contributed by atoms with Gasteiger partial charge in [0.2, 0.25) is 5.95 Å². The summed E-state index contributed by atoms with van der Waals surface area (Å²) in [6.45, 7) is 1.64. The highest BCUT2D eigenvalue weighted by atomic mass is 19.4. The fourth-order valence-corrected chi connectivity index (χ4v) is 9.74. The zero-order valence-corrected chi connectivity index (χ0v) is 28.8. The number of aliphatic carboxylic acids is 1. The predicted octanol–water partition coefficient (Wildman–Crippen LogP) is 6.18. The lowest BCUT2D eigenvalue weighted by atomic mass is 9.70. The van der Waals surface area contributed by atoms with Gasteiger partial charge in [0, 0.05) is 55.6 Å². The molecule has 5 aliphatic rings. The van der Waals surface area contributed by atoms with Crippen molar-refractivity contribution in [2.24, 2.45) is 17.8 Å². The molecule has 0 radical (unpaired) electrons. The van der Waals surface area contributed by atoms with Crippen LogP contribution < -0.4 is 10.2 Å². The van der Waals surface area contributed by atoms with Crippen LogP contribution in [0.1, 0.15) is 96.7 Å². The number of piperazine rings is 1. The smallest absolute Gasteiger partial charge is 0.434 e. The summed E-state index contributed by atoms with van der Waals surface area (Å²) < 4.78 is 82.7. The number of carbonyl (C=O) groups excluding carboxylic acids is 2. The molecule has 1 saturated heterocycles. The molecule has 2 bridgehead atoms. The summed E-state index contributed by atoms with van der Waals surface area (Å²) in [5.41, 5.74) is -2.84. The molecule has 1 aromatic carbocycles. The molecular formula is C36H42F6N6O4. The number of carbonyl (C=O) groups is 3. The molecule has 1 aromatic heterocycles. The number of carboxylic acid groups (broad SMARTS) is 1. The van der Waals surface area contributed by atoms with E-state index in [9.17, 15) is 45.8 Å². The molecule has 4 unspecified atom stereocenters. The predicted molar refractivity (Wildman–Crippen MR) is 176 cm³/mol. The number of halogens is 6. The molecule has 4 fully saturated rings. The van der Waals surface area contributed by atoms with E-state index in [4.69, 9.17) is 0 Å². The molecule has 10 nitrogen and oxygen atoms in total. The second-order valence-electron chi connectivity index (χ2n) is 15.6. The second kappa shape index (κ2) is 13.2. The molecule has 3 saturated carbocycles. The third-order valence-corrected chi connectivity index (χ3v) is 12.0. The third kappa shape index (κ3) is 6.71. The Kier molecular flexibility index (Phi) is 9.22. The van der Waals surface area contributed by atoms with Gasteiger partial charge in [-0.25, -0.2) is 14.8 Å². The van der Waals surface area contributed by atoms with Gasteiger partial charge in [0.1, 0.15) is 5.54 Å². The average molecular weight is 737 g/mol. The topological polar surface area (TPSA) is 119 Å². The number of carboxylic acids is 1. The first-order chi connectivity index (χ1) is 24.5. The highest BCUT2D eigenvalue weighted by molar-refractivity contribution is 5.99. The van der Waals surface area contributed by atoms with Gasteiger partial charge in [0.05, 0.1) is 12.1 Å². The van der Waals surface area contributed by atoms with Gasteiger partial charge in [-0.05, 0) is 80.0 Å². The quantitative estimate of drug-likeness (QED) is 0.338. The summed E-state index contributed by atoms with van der Waals surface area (Å²) in [6.07, 6.45) is -2.35. The molecule has 2 aliphatic heterocycles. The Morgan fingerprint density at radius 1 is 0.981 bits per heavy atom. The van der Waals surface area contributed by atoms with Crippen molar-refractivity contribution in [2.75, 3.05) is 44.2 Å². The van der Waals surface area contributed by atoms with Crippen molar-refractivity contribution >= 4 is 29.4 Å². The first kappa shape index (κ1) is 36.4. The molecule has 2 aromatic rings. The lowest BCUT2D eigenvalue weighted by Gasteiger charge is -2.36. The zero-order chi connectivity index (χ0) is 37.2. The summed E-state index contributed by atoms with van der Waals surface area (Å²) in [5.74, 6) is -3.16. The molecule has 3 aliphatic carbocycles. The fraction of sp³-hybridized carbons (Fsp3) is 0.639. The van der Waals surface area contributed by atoms with Crippen LogP contribution in [0, 0.1) is 17.8 Å². The monoisotopic (exact) mass is 736 g/mol. The highest BCUT2D eigenvalue weighted by Gasteiger charge is 2.57. The van der Waals surface area contributed by atoms with Crippen LogP contribution in [0.4, 0.5) is 38.0 Å². The molecule has 1 spiro atoms. The van der Waals surface area contributed by atoms with E-state index in [0.717, 1.165) is 50.3 Å². The van der Waals surface area contributed by atoms with Crippen LogP contribution in [0.3, 0.4) is 0 Å². The number of nitrogens with one attached hydrogen (secondary N) is 1. The zero-order valence-electron chi connectivity index (χ0n) is 28.8. The van der Waals surface area contributed by atoms with Crippen LogP contribution in [0.2, 0.25) is 0 Å². The number of fused-ring (bicyclic) bond motifs is 4. The molecule has 52 heavy (non-hydrogen) atoms. The van der Waals surface area contributed by atoms with Gasteiger partial charge in [-0.1, -0.05) is 26.2 Å². The van der Waals surface area contributed by atoms with Gasteiger partial charge >= 0.3 is 18.3 Å². The SMILES string of the molecule is CC1CC2CC(C1)C(NC(=O)c1cnc(N3CC4(CCCCC4)c4cc(C(=O)N5CCN(CC(F)(F)F)CC5)ccc43)nc1C(F)(F)F)(C(=O)O)C2. The molecule has 282 valence electrons. The maximum Gasteiger partial charge on any atom is 0.434 e. The number of rotatable bonds is 6. The molecule has 3 heterocycles. The number of amides is 2. The Morgan fingerprint density at radius 3 is 2.35 bits per heavy atom. The normalized spacial score (nSPS) is 27.5. The van der Waals surface area contributed by atoms with Crippen LogP contribution >= 0.6 is 0 Å². The van der Waals surface area contributed by atoms with Crippen LogP contribution in [0.15, 0.2) is 24.4 Å². The van der Waals surface area contributed by atoms with Crippen LogP contribution in [-0.4, -0.2) is 93.6 Å². The van der Waals surface area contributed by atoms with E-state index in [1.165, 1.54) is 9.80 Å². The number of aromatic nitrogens is 2. The maximum absolute atomic E-state index is 14.7. The fourth-order valence-electron chi connectivity index (χ4n) is 9.74. The highest BCUT2D eigenvalue weighted by Crippen LogP contribution is 2.52. The van der Waals surface area contributed by atoms with E-state index in [-0.39, 0.29) is 62.8 Å². The van der Waals surface area contributed by atoms with Gasteiger partial charge in [-0.15, -0.1) is 0 Å². The standard InChI is InChI=1S/C36H42F6N6O4/c1-21-13-22-15-24(14-21)34(17-22,31(51)52)45-29(49)25-18-43-32(44-28(25)36(40,41)42)48-19-33(7-3-2-4-8-33)26-16-23(5-6-27(26)48)30(50)47-11-9-46(10-12-47)20-35(37,38)39/h5-6,16,18,21-22,24H,2-4,7-15,17,19-20H2,1H3,(H,45,49)(H,51,52). The largest absolute Gasteiger partial charge is 0.479 e. The third-order valence-electron chi connectivity index (χ3n) is 12.0. The van der Waals surface area contributed by atoms with Crippen LogP contribution in [-0.2, 0) is 16.4 Å². The molecule has 7 rings (SSSR count). The summed E-state index contributed by atoms with van der Waals surface area (Å²) in [7, 11) is 0. The van der Waals surface area contributed by atoms with Crippen molar-refractivity contribution in [1.82, 2.24) is 25.1 Å². The van der Waals surface area contributed by atoms with Gasteiger partial charge in [0.15, 0.2) is 5.69 Å². The number of anilines is 2. The van der Waals surface area contributed by atoms with E-state index < -0.39 is 58.9 Å². The summed E-state index contributed by atoms with van der Waals surface area (Å²) >= 11 is 0. The first-order valence-corrected chi connectivity index (χ1v) is 18.0. The summed E-state index contributed by atoms with van der Waals surface area (Å²) in [4.78, 5) is 52.3. The van der Waals surface area contributed by atoms with E-state index >= 15 is 0 Å². The average Bonchev–Trinajstić information content (AvgIpc) is 3.53. The van der Waals surface area contributed by atoms with Gasteiger partial charge < -0.3 is 20.2 Å².